The number of fused-ring (bicyclic) bond motifs is 1. The summed E-state index contributed by atoms with van der Waals surface area (Å²) in [6.45, 7) is 1.43. The van der Waals surface area contributed by atoms with Gasteiger partial charge in [-0.3, -0.25) is 4.79 Å². The third-order valence-electron chi connectivity index (χ3n) is 5.11. The average molecular weight is 503 g/mol. The van der Waals surface area contributed by atoms with Crippen LogP contribution in [0.3, 0.4) is 0 Å². The number of carbonyl (C=O) groups excluding carboxylic acids is 2. The van der Waals surface area contributed by atoms with E-state index in [0.717, 1.165) is 16.3 Å². The molecule has 0 aliphatic heterocycles. The normalized spacial score (nSPS) is 10.8. The van der Waals surface area contributed by atoms with Crippen molar-refractivity contribution in [1.29, 1.82) is 0 Å². The predicted octanol–water partition coefficient (Wildman–Crippen LogP) is 5.32. The summed E-state index contributed by atoms with van der Waals surface area (Å²) in [5.41, 5.74) is 3.96. The zero-order valence-corrected chi connectivity index (χ0v) is 20.2. The fourth-order valence-corrected chi connectivity index (χ4v) is 3.60. The molecule has 7 nitrogen and oxygen atoms in total. The summed E-state index contributed by atoms with van der Waals surface area (Å²) in [7, 11) is 0. The monoisotopic (exact) mass is 502 g/mol. The van der Waals surface area contributed by atoms with Gasteiger partial charge in [0.15, 0.2) is 13.2 Å². The van der Waals surface area contributed by atoms with Gasteiger partial charge in [0.1, 0.15) is 17.2 Å². The third-order valence-corrected chi connectivity index (χ3v) is 5.34. The van der Waals surface area contributed by atoms with Crippen LogP contribution < -0.4 is 19.6 Å². The Morgan fingerprint density at radius 1 is 0.889 bits per heavy atom. The molecule has 0 aromatic heterocycles. The van der Waals surface area contributed by atoms with Crippen molar-refractivity contribution < 1.29 is 23.8 Å². The van der Waals surface area contributed by atoms with Crippen molar-refractivity contribution in [3.8, 4) is 17.2 Å². The van der Waals surface area contributed by atoms with E-state index in [2.05, 4.69) is 10.5 Å². The van der Waals surface area contributed by atoms with Gasteiger partial charge in [-0.05, 0) is 72.0 Å². The molecule has 0 atom stereocenters. The highest BCUT2D eigenvalue weighted by Gasteiger charge is 2.08. The predicted molar refractivity (Wildman–Crippen MR) is 139 cm³/mol. The van der Waals surface area contributed by atoms with E-state index in [9.17, 15) is 9.59 Å². The van der Waals surface area contributed by atoms with Gasteiger partial charge in [0, 0.05) is 10.4 Å². The van der Waals surface area contributed by atoms with Crippen LogP contribution in [0, 0.1) is 6.92 Å². The van der Waals surface area contributed by atoms with Crippen LogP contribution in [0.2, 0.25) is 5.02 Å². The topological polar surface area (TPSA) is 86.2 Å². The largest absolute Gasteiger partial charge is 0.483 e. The summed E-state index contributed by atoms with van der Waals surface area (Å²) in [6, 6.07) is 25.3. The van der Waals surface area contributed by atoms with Crippen molar-refractivity contribution in [1.82, 2.24) is 5.43 Å². The second-order valence-electron chi connectivity index (χ2n) is 7.80. The molecule has 0 saturated heterocycles. The van der Waals surface area contributed by atoms with Crippen LogP contribution in [0.15, 0.2) is 90.0 Å². The molecule has 0 bridgehead atoms. The molecular formula is C28H23ClN2O5. The van der Waals surface area contributed by atoms with Crippen LogP contribution in [-0.2, 0) is 9.59 Å². The third kappa shape index (κ3) is 6.84. The molecule has 36 heavy (non-hydrogen) atoms. The number of amides is 1. The van der Waals surface area contributed by atoms with Gasteiger partial charge in [-0.1, -0.05) is 48.0 Å². The first-order valence-corrected chi connectivity index (χ1v) is 11.5. The fraction of sp³-hybridized carbons (Fsp3) is 0.107. The summed E-state index contributed by atoms with van der Waals surface area (Å²) in [4.78, 5) is 24.2. The van der Waals surface area contributed by atoms with E-state index in [0.29, 0.717) is 27.8 Å². The molecule has 0 unspecified atom stereocenters. The number of benzene rings is 4. The standard InChI is InChI=1S/C28H23ClN2O5/c1-19-15-22(29)11-14-25(19)35-18-28(33)36-23-12-9-20(10-13-23)16-30-31-27(32)17-34-26-8-4-6-21-5-2-3-7-24(21)26/h2-16H,17-18H2,1H3,(H,31,32)/b30-16+. The van der Waals surface area contributed by atoms with Gasteiger partial charge in [-0.15, -0.1) is 0 Å². The van der Waals surface area contributed by atoms with E-state index in [1.807, 2.05) is 49.4 Å². The molecule has 0 fully saturated rings. The fourth-order valence-electron chi connectivity index (χ4n) is 3.37. The number of aryl methyl sites for hydroxylation is 1. The van der Waals surface area contributed by atoms with Crippen molar-refractivity contribution in [2.45, 2.75) is 6.92 Å². The van der Waals surface area contributed by atoms with Gasteiger partial charge in [0.25, 0.3) is 5.91 Å². The second kappa shape index (κ2) is 11.9. The Labute approximate surface area is 213 Å². The number of ether oxygens (including phenoxy) is 3. The van der Waals surface area contributed by atoms with Gasteiger partial charge < -0.3 is 14.2 Å². The van der Waals surface area contributed by atoms with Crippen LogP contribution in [0.4, 0.5) is 0 Å². The van der Waals surface area contributed by atoms with Crippen molar-refractivity contribution in [3.05, 3.63) is 101 Å². The molecule has 4 aromatic carbocycles. The van der Waals surface area contributed by atoms with E-state index in [-0.39, 0.29) is 19.1 Å². The van der Waals surface area contributed by atoms with E-state index in [1.165, 1.54) is 6.21 Å². The van der Waals surface area contributed by atoms with Gasteiger partial charge in [0.2, 0.25) is 0 Å². The minimum atomic E-state index is -0.538. The molecule has 1 N–H and O–H groups in total. The molecule has 4 aromatic rings. The maximum absolute atomic E-state index is 12.1. The molecule has 0 spiro atoms. The lowest BCUT2D eigenvalue weighted by Gasteiger charge is -2.09. The van der Waals surface area contributed by atoms with Crippen molar-refractivity contribution in [3.63, 3.8) is 0 Å². The number of halogens is 1. The first kappa shape index (κ1) is 24.8. The van der Waals surface area contributed by atoms with Crippen LogP contribution in [0.25, 0.3) is 10.8 Å². The molecule has 8 heteroatoms. The number of nitrogens with zero attached hydrogens (tertiary/aromatic N) is 1. The quantitative estimate of drug-likeness (QED) is 0.145. The minimum Gasteiger partial charge on any atom is -0.483 e. The summed E-state index contributed by atoms with van der Waals surface area (Å²) < 4.78 is 16.4. The lowest BCUT2D eigenvalue weighted by atomic mass is 10.1. The molecule has 0 heterocycles. The molecule has 0 aliphatic carbocycles. The Kier molecular flexibility index (Phi) is 8.16. The molecular weight excluding hydrogens is 480 g/mol. The van der Waals surface area contributed by atoms with Crippen LogP contribution in [0.1, 0.15) is 11.1 Å². The first-order valence-electron chi connectivity index (χ1n) is 11.1. The van der Waals surface area contributed by atoms with E-state index >= 15 is 0 Å². The van der Waals surface area contributed by atoms with Crippen molar-refractivity contribution in [2.24, 2.45) is 5.10 Å². The number of hydrogen-bond acceptors (Lipinski definition) is 6. The molecule has 0 radical (unpaired) electrons. The number of esters is 1. The minimum absolute atomic E-state index is 0.169. The lowest BCUT2D eigenvalue weighted by Crippen LogP contribution is -2.24. The van der Waals surface area contributed by atoms with Crippen LogP contribution >= 0.6 is 11.6 Å². The Morgan fingerprint density at radius 2 is 1.64 bits per heavy atom. The summed E-state index contributed by atoms with van der Waals surface area (Å²) in [6.07, 6.45) is 1.48. The van der Waals surface area contributed by atoms with Gasteiger partial charge in [-0.2, -0.15) is 5.10 Å². The van der Waals surface area contributed by atoms with Crippen molar-refractivity contribution >= 4 is 40.5 Å². The highest BCUT2D eigenvalue weighted by molar-refractivity contribution is 6.30. The Bertz CT molecular complexity index is 1400. The molecule has 182 valence electrons. The van der Waals surface area contributed by atoms with Gasteiger partial charge >= 0.3 is 5.97 Å². The van der Waals surface area contributed by atoms with Crippen LogP contribution in [0.5, 0.6) is 17.2 Å². The number of rotatable bonds is 9. The molecule has 0 aliphatic rings. The SMILES string of the molecule is Cc1cc(Cl)ccc1OCC(=O)Oc1ccc(/C=N/NC(=O)COc2cccc3ccccc23)cc1. The summed E-state index contributed by atoms with van der Waals surface area (Å²) in [5.74, 6) is 0.629. The average Bonchev–Trinajstić information content (AvgIpc) is 2.88. The smallest absolute Gasteiger partial charge is 0.349 e. The highest BCUT2D eigenvalue weighted by Crippen LogP contribution is 2.25. The summed E-state index contributed by atoms with van der Waals surface area (Å²) in [5, 5.41) is 6.51. The molecule has 0 saturated carbocycles. The number of carbonyl (C=O) groups is 2. The number of hydrogen-bond donors (Lipinski definition) is 1. The maximum atomic E-state index is 12.1. The molecule has 4 rings (SSSR count). The summed E-state index contributed by atoms with van der Waals surface area (Å²) >= 11 is 5.92. The lowest BCUT2D eigenvalue weighted by molar-refractivity contribution is -0.136. The van der Waals surface area contributed by atoms with E-state index in [1.54, 1.807) is 42.5 Å². The van der Waals surface area contributed by atoms with Crippen LogP contribution in [-0.4, -0.2) is 31.3 Å². The highest BCUT2D eigenvalue weighted by atomic mass is 35.5. The zero-order valence-electron chi connectivity index (χ0n) is 19.4. The van der Waals surface area contributed by atoms with E-state index in [4.69, 9.17) is 25.8 Å². The second-order valence-corrected chi connectivity index (χ2v) is 8.24. The first-order chi connectivity index (χ1) is 17.5. The number of hydrazone groups is 1. The van der Waals surface area contributed by atoms with Crippen molar-refractivity contribution in [2.75, 3.05) is 13.2 Å². The maximum Gasteiger partial charge on any atom is 0.349 e. The number of nitrogens with one attached hydrogen (secondary N) is 1. The van der Waals surface area contributed by atoms with E-state index < -0.39 is 5.97 Å². The van der Waals surface area contributed by atoms with Gasteiger partial charge in [-0.25, -0.2) is 10.2 Å². The Balaban J connectivity index is 1.22. The Morgan fingerprint density at radius 3 is 2.44 bits per heavy atom. The molecule has 1 amide bonds. The zero-order chi connectivity index (χ0) is 25.3. The Hall–Kier alpha value is -4.36. The van der Waals surface area contributed by atoms with Gasteiger partial charge in [0.05, 0.1) is 6.21 Å².